The van der Waals surface area contributed by atoms with E-state index in [1.807, 2.05) is 19.9 Å². The highest BCUT2D eigenvalue weighted by molar-refractivity contribution is 6.31. The molecular weight excluding hydrogens is 314 g/mol. The number of nitrogens with zero attached hydrogens (tertiary/aromatic N) is 2. The first-order valence-corrected chi connectivity index (χ1v) is 8.45. The molecule has 1 aliphatic rings. The van der Waals surface area contributed by atoms with Crippen molar-refractivity contribution in [3.63, 3.8) is 0 Å². The Morgan fingerprint density at radius 1 is 1.35 bits per heavy atom. The maximum atomic E-state index is 12.6. The average Bonchev–Trinajstić information content (AvgIpc) is 2.57. The standard InChI is InChI=1S/C17H26ClN3O2/c1-5-20-6-8-21(9-7-20)13(3)17(22)19-15-10-12(2)14(18)11-16(15)23-4/h10-11,13H,5-9H2,1-4H3,(H,19,22). The highest BCUT2D eigenvalue weighted by Crippen LogP contribution is 2.31. The summed E-state index contributed by atoms with van der Waals surface area (Å²) in [6.45, 7) is 10.9. The normalized spacial score (nSPS) is 17.8. The number of likely N-dealkylation sites (N-methyl/N-ethyl adjacent to an activating group) is 1. The van der Waals surface area contributed by atoms with Crippen LogP contribution in [0.2, 0.25) is 5.02 Å². The number of nitrogens with one attached hydrogen (secondary N) is 1. The lowest BCUT2D eigenvalue weighted by atomic mass is 10.1. The molecular formula is C17H26ClN3O2. The van der Waals surface area contributed by atoms with Crippen molar-refractivity contribution in [2.24, 2.45) is 0 Å². The van der Waals surface area contributed by atoms with Gasteiger partial charge in [-0.1, -0.05) is 18.5 Å². The Kier molecular flexibility index (Phi) is 6.27. The van der Waals surface area contributed by atoms with Crippen molar-refractivity contribution in [3.8, 4) is 5.75 Å². The van der Waals surface area contributed by atoms with E-state index in [1.54, 1.807) is 13.2 Å². The summed E-state index contributed by atoms with van der Waals surface area (Å²) in [5, 5.41) is 3.60. The number of benzene rings is 1. The number of hydrogen-bond acceptors (Lipinski definition) is 4. The molecule has 1 amide bonds. The van der Waals surface area contributed by atoms with E-state index in [1.165, 1.54) is 0 Å². The second-order valence-electron chi connectivity index (χ2n) is 5.94. The Morgan fingerprint density at radius 2 is 2.00 bits per heavy atom. The van der Waals surface area contributed by atoms with Gasteiger partial charge in [-0.15, -0.1) is 0 Å². The fourth-order valence-corrected chi connectivity index (χ4v) is 2.95. The lowest BCUT2D eigenvalue weighted by Crippen LogP contribution is -2.52. The number of rotatable bonds is 5. The monoisotopic (exact) mass is 339 g/mol. The molecule has 1 aromatic carbocycles. The minimum atomic E-state index is -0.172. The van der Waals surface area contributed by atoms with Crippen LogP contribution in [0.15, 0.2) is 12.1 Å². The lowest BCUT2D eigenvalue weighted by Gasteiger charge is -2.36. The molecule has 0 aliphatic carbocycles. The largest absolute Gasteiger partial charge is 0.495 e. The van der Waals surface area contributed by atoms with Crippen LogP contribution >= 0.6 is 11.6 Å². The summed E-state index contributed by atoms with van der Waals surface area (Å²) in [5.41, 5.74) is 1.57. The van der Waals surface area contributed by atoms with Crippen molar-refractivity contribution in [1.29, 1.82) is 0 Å². The molecule has 1 heterocycles. The molecule has 1 fully saturated rings. The van der Waals surface area contributed by atoms with Crippen molar-refractivity contribution in [2.45, 2.75) is 26.8 Å². The quantitative estimate of drug-likeness (QED) is 0.895. The van der Waals surface area contributed by atoms with Crippen molar-refractivity contribution < 1.29 is 9.53 Å². The number of methoxy groups -OCH3 is 1. The Balaban J connectivity index is 2.03. The fraction of sp³-hybridized carbons (Fsp3) is 0.588. The van der Waals surface area contributed by atoms with Crippen LogP contribution in [0.5, 0.6) is 5.75 Å². The number of halogens is 1. The number of anilines is 1. The van der Waals surface area contributed by atoms with Gasteiger partial charge >= 0.3 is 0 Å². The third-order valence-corrected chi connectivity index (χ3v) is 4.93. The third kappa shape index (κ3) is 4.37. The number of hydrogen-bond donors (Lipinski definition) is 1. The molecule has 128 valence electrons. The highest BCUT2D eigenvalue weighted by Gasteiger charge is 2.25. The predicted molar refractivity (Wildman–Crippen MR) is 94.5 cm³/mol. The number of ether oxygens (including phenoxy) is 1. The summed E-state index contributed by atoms with van der Waals surface area (Å²) in [7, 11) is 1.57. The number of piperazine rings is 1. The number of aryl methyl sites for hydroxylation is 1. The Labute approximate surface area is 143 Å². The Hall–Kier alpha value is -1.30. The third-order valence-electron chi connectivity index (χ3n) is 4.52. The van der Waals surface area contributed by atoms with Gasteiger partial charge in [-0.05, 0) is 32.0 Å². The van der Waals surface area contributed by atoms with Crippen LogP contribution in [0.3, 0.4) is 0 Å². The van der Waals surface area contributed by atoms with Crippen LogP contribution in [0.1, 0.15) is 19.4 Å². The Bertz CT molecular complexity index is 557. The van der Waals surface area contributed by atoms with Crippen molar-refractivity contribution >= 4 is 23.2 Å². The summed E-state index contributed by atoms with van der Waals surface area (Å²) in [6, 6.07) is 3.41. The molecule has 1 unspecified atom stereocenters. The highest BCUT2D eigenvalue weighted by atomic mass is 35.5. The molecule has 0 saturated carbocycles. The summed E-state index contributed by atoms with van der Waals surface area (Å²) in [4.78, 5) is 17.2. The molecule has 1 saturated heterocycles. The van der Waals surface area contributed by atoms with Crippen molar-refractivity contribution in [1.82, 2.24) is 9.80 Å². The zero-order chi connectivity index (χ0) is 17.0. The van der Waals surface area contributed by atoms with Gasteiger partial charge in [-0.3, -0.25) is 9.69 Å². The first-order valence-electron chi connectivity index (χ1n) is 8.07. The topological polar surface area (TPSA) is 44.8 Å². The molecule has 1 N–H and O–H groups in total. The van der Waals surface area contributed by atoms with E-state index in [2.05, 4.69) is 22.0 Å². The van der Waals surface area contributed by atoms with Crippen LogP contribution in [-0.4, -0.2) is 61.6 Å². The van der Waals surface area contributed by atoms with Gasteiger partial charge in [-0.2, -0.15) is 0 Å². The van der Waals surface area contributed by atoms with Gasteiger partial charge in [0.1, 0.15) is 5.75 Å². The smallest absolute Gasteiger partial charge is 0.241 e. The van der Waals surface area contributed by atoms with Crippen molar-refractivity contribution in [2.75, 3.05) is 45.2 Å². The van der Waals surface area contributed by atoms with E-state index in [0.29, 0.717) is 16.5 Å². The van der Waals surface area contributed by atoms with E-state index in [9.17, 15) is 4.79 Å². The van der Waals surface area contributed by atoms with Crippen LogP contribution in [0, 0.1) is 6.92 Å². The molecule has 1 atom stereocenters. The lowest BCUT2D eigenvalue weighted by molar-refractivity contribution is -0.121. The van der Waals surface area contributed by atoms with Gasteiger partial charge in [0.15, 0.2) is 0 Å². The second-order valence-corrected chi connectivity index (χ2v) is 6.34. The van der Waals surface area contributed by atoms with Crippen LogP contribution < -0.4 is 10.1 Å². The maximum absolute atomic E-state index is 12.6. The summed E-state index contributed by atoms with van der Waals surface area (Å²) < 4.78 is 5.32. The minimum Gasteiger partial charge on any atom is -0.495 e. The van der Waals surface area contributed by atoms with Gasteiger partial charge in [-0.25, -0.2) is 0 Å². The molecule has 5 nitrogen and oxygen atoms in total. The van der Waals surface area contributed by atoms with Gasteiger partial charge in [0.25, 0.3) is 0 Å². The summed E-state index contributed by atoms with van der Waals surface area (Å²) in [5.74, 6) is 0.562. The first-order chi connectivity index (χ1) is 11.0. The van der Waals surface area contributed by atoms with Crippen LogP contribution in [0.4, 0.5) is 5.69 Å². The van der Waals surface area contributed by atoms with Gasteiger partial charge < -0.3 is 15.0 Å². The van der Waals surface area contributed by atoms with E-state index >= 15 is 0 Å². The average molecular weight is 340 g/mol. The predicted octanol–water partition coefficient (Wildman–Crippen LogP) is 2.62. The van der Waals surface area contributed by atoms with E-state index in [-0.39, 0.29) is 11.9 Å². The molecule has 2 rings (SSSR count). The van der Waals surface area contributed by atoms with E-state index < -0.39 is 0 Å². The molecule has 0 spiro atoms. The molecule has 0 radical (unpaired) electrons. The zero-order valence-electron chi connectivity index (χ0n) is 14.4. The molecule has 0 bridgehead atoms. The van der Waals surface area contributed by atoms with Gasteiger partial charge in [0.05, 0.1) is 18.8 Å². The zero-order valence-corrected chi connectivity index (χ0v) is 15.1. The fourth-order valence-electron chi connectivity index (χ4n) is 2.80. The van der Waals surface area contributed by atoms with Crippen LogP contribution in [0.25, 0.3) is 0 Å². The van der Waals surface area contributed by atoms with Crippen molar-refractivity contribution in [3.05, 3.63) is 22.7 Å². The maximum Gasteiger partial charge on any atom is 0.241 e. The Morgan fingerprint density at radius 3 is 2.57 bits per heavy atom. The second kappa shape index (κ2) is 7.99. The number of amides is 1. The van der Waals surface area contributed by atoms with Gasteiger partial charge in [0, 0.05) is 37.3 Å². The summed E-state index contributed by atoms with van der Waals surface area (Å²) in [6.07, 6.45) is 0. The van der Waals surface area contributed by atoms with E-state index in [0.717, 1.165) is 38.3 Å². The van der Waals surface area contributed by atoms with E-state index in [4.69, 9.17) is 16.3 Å². The SMILES string of the molecule is CCN1CCN(C(C)C(=O)Nc2cc(C)c(Cl)cc2OC)CC1. The number of carbonyl (C=O) groups excluding carboxylic acids is 1. The number of carbonyl (C=O) groups is 1. The van der Waals surface area contributed by atoms with Gasteiger partial charge in [0.2, 0.25) is 5.91 Å². The summed E-state index contributed by atoms with van der Waals surface area (Å²) >= 11 is 6.11. The van der Waals surface area contributed by atoms with Crippen LogP contribution in [-0.2, 0) is 4.79 Å². The molecule has 1 aromatic rings. The molecule has 23 heavy (non-hydrogen) atoms. The molecule has 0 aromatic heterocycles. The molecule has 6 heteroatoms. The molecule has 1 aliphatic heterocycles. The minimum absolute atomic E-state index is 0.0185. The first kappa shape index (κ1) is 18.0.